The van der Waals surface area contributed by atoms with Crippen molar-refractivity contribution in [1.29, 1.82) is 0 Å². The Morgan fingerprint density at radius 1 is 1.18 bits per heavy atom. The standard InChI is InChI=1S/C9H18O2/c1-8(7-10)5-3-4-6-9(2)11/h3-4,8-11H,5-7H2,1-2H3/b4-3-/t8-,9+/m1/s1. The van der Waals surface area contributed by atoms with Gasteiger partial charge in [-0.25, -0.2) is 0 Å². The minimum Gasteiger partial charge on any atom is -0.396 e. The van der Waals surface area contributed by atoms with Gasteiger partial charge in [0.1, 0.15) is 0 Å². The SMILES string of the molecule is C[C@@H](CO)C/C=C\C[C@H](C)O. The summed E-state index contributed by atoms with van der Waals surface area (Å²) in [6.45, 7) is 3.99. The third-order valence-corrected chi connectivity index (χ3v) is 1.49. The van der Waals surface area contributed by atoms with E-state index in [-0.39, 0.29) is 12.7 Å². The molecule has 0 fully saturated rings. The molecule has 0 unspecified atom stereocenters. The van der Waals surface area contributed by atoms with Gasteiger partial charge in [-0.05, 0) is 25.7 Å². The summed E-state index contributed by atoms with van der Waals surface area (Å²) in [6, 6.07) is 0. The zero-order valence-corrected chi connectivity index (χ0v) is 7.33. The van der Waals surface area contributed by atoms with Gasteiger partial charge in [0.2, 0.25) is 0 Å². The third-order valence-electron chi connectivity index (χ3n) is 1.49. The summed E-state index contributed by atoms with van der Waals surface area (Å²) in [4.78, 5) is 0. The maximum atomic E-state index is 8.87. The molecule has 0 aromatic heterocycles. The largest absolute Gasteiger partial charge is 0.396 e. The Morgan fingerprint density at radius 2 is 1.73 bits per heavy atom. The summed E-state index contributed by atoms with van der Waals surface area (Å²) in [5.74, 6) is 0.334. The first-order chi connectivity index (χ1) is 5.16. The van der Waals surface area contributed by atoms with Gasteiger partial charge < -0.3 is 10.2 Å². The van der Waals surface area contributed by atoms with Crippen LogP contribution in [-0.2, 0) is 0 Å². The van der Waals surface area contributed by atoms with E-state index in [1.54, 1.807) is 6.92 Å². The number of aliphatic hydroxyl groups excluding tert-OH is 2. The van der Waals surface area contributed by atoms with Crippen LogP contribution in [0.4, 0.5) is 0 Å². The lowest BCUT2D eigenvalue weighted by molar-refractivity contribution is 0.198. The zero-order chi connectivity index (χ0) is 8.69. The topological polar surface area (TPSA) is 40.5 Å². The molecule has 0 rings (SSSR count). The first kappa shape index (κ1) is 10.7. The molecule has 2 heteroatoms. The Morgan fingerprint density at radius 3 is 2.18 bits per heavy atom. The molecule has 0 spiro atoms. The molecule has 2 nitrogen and oxygen atoms in total. The molecule has 0 bridgehead atoms. The van der Waals surface area contributed by atoms with Crippen LogP contribution in [-0.4, -0.2) is 22.9 Å². The van der Waals surface area contributed by atoms with Gasteiger partial charge in [-0.2, -0.15) is 0 Å². The van der Waals surface area contributed by atoms with Crippen molar-refractivity contribution in [1.82, 2.24) is 0 Å². The van der Waals surface area contributed by atoms with E-state index in [1.807, 2.05) is 19.1 Å². The lowest BCUT2D eigenvalue weighted by Crippen LogP contribution is -1.99. The summed E-state index contributed by atoms with van der Waals surface area (Å²) in [6.07, 6.45) is 5.31. The van der Waals surface area contributed by atoms with Crippen LogP contribution in [0.3, 0.4) is 0 Å². The van der Waals surface area contributed by atoms with Crippen molar-refractivity contribution in [3.05, 3.63) is 12.2 Å². The average molecular weight is 158 g/mol. The predicted molar refractivity (Wildman–Crippen MR) is 46.3 cm³/mol. The number of hydrogen-bond donors (Lipinski definition) is 2. The second kappa shape index (κ2) is 6.38. The van der Waals surface area contributed by atoms with Crippen LogP contribution in [0.2, 0.25) is 0 Å². The summed E-state index contributed by atoms with van der Waals surface area (Å²) in [5.41, 5.74) is 0. The molecule has 0 aromatic rings. The van der Waals surface area contributed by atoms with Crippen LogP contribution in [0.15, 0.2) is 12.2 Å². The Hall–Kier alpha value is -0.340. The summed E-state index contributed by atoms with van der Waals surface area (Å²) < 4.78 is 0. The number of aliphatic hydroxyl groups is 2. The fourth-order valence-corrected chi connectivity index (χ4v) is 0.696. The highest BCUT2D eigenvalue weighted by atomic mass is 16.3. The molecule has 0 radical (unpaired) electrons. The van der Waals surface area contributed by atoms with E-state index in [0.717, 1.165) is 6.42 Å². The van der Waals surface area contributed by atoms with Crippen LogP contribution >= 0.6 is 0 Å². The molecule has 0 saturated carbocycles. The van der Waals surface area contributed by atoms with Crippen molar-refractivity contribution in [3.8, 4) is 0 Å². The smallest absolute Gasteiger partial charge is 0.0546 e. The maximum Gasteiger partial charge on any atom is 0.0546 e. The highest BCUT2D eigenvalue weighted by Crippen LogP contribution is 2.01. The molecule has 0 aliphatic carbocycles. The molecule has 0 aliphatic heterocycles. The Kier molecular flexibility index (Phi) is 6.18. The van der Waals surface area contributed by atoms with Gasteiger partial charge in [0.25, 0.3) is 0 Å². The highest BCUT2D eigenvalue weighted by molar-refractivity contribution is 4.84. The predicted octanol–water partition coefficient (Wildman–Crippen LogP) is 1.33. The van der Waals surface area contributed by atoms with Gasteiger partial charge in [-0.15, -0.1) is 0 Å². The van der Waals surface area contributed by atoms with Crippen LogP contribution in [0, 0.1) is 5.92 Å². The van der Waals surface area contributed by atoms with Crippen molar-refractivity contribution in [2.24, 2.45) is 5.92 Å². The van der Waals surface area contributed by atoms with E-state index in [2.05, 4.69) is 0 Å². The zero-order valence-electron chi connectivity index (χ0n) is 7.33. The fraction of sp³-hybridized carbons (Fsp3) is 0.778. The minimum atomic E-state index is -0.254. The molecule has 2 N–H and O–H groups in total. The molecule has 0 saturated heterocycles. The van der Waals surface area contributed by atoms with Gasteiger partial charge >= 0.3 is 0 Å². The van der Waals surface area contributed by atoms with Crippen molar-refractivity contribution in [2.45, 2.75) is 32.8 Å². The molecule has 66 valence electrons. The molecular formula is C9H18O2. The number of allylic oxidation sites excluding steroid dienone is 1. The highest BCUT2D eigenvalue weighted by Gasteiger charge is 1.95. The van der Waals surface area contributed by atoms with Gasteiger partial charge in [0.05, 0.1) is 6.10 Å². The van der Waals surface area contributed by atoms with Crippen LogP contribution in [0.5, 0.6) is 0 Å². The first-order valence-electron chi connectivity index (χ1n) is 4.10. The maximum absolute atomic E-state index is 8.87. The van der Waals surface area contributed by atoms with Crippen molar-refractivity contribution >= 4 is 0 Å². The fourth-order valence-electron chi connectivity index (χ4n) is 0.696. The molecule has 0 aliphatic rings. The first-order valence-corrected chi connectivity index (χ1v) is 4.10. The normalized spacial score (nSPS) is 17.1. The van der Waals surface area contributed by atoms with Gasteiger partial charge in [0, 0.05) is 6.61 Å². The molecule has 0 aromatic carbocycles. The molecule has 0 heterocycles. The van der Waals surface area contributed by atoms with Crippen LogP contribution < -0.4 is 0 Å². The van der Waals surface area contributed by atoms with Crippen LogP contribution in [0.25, 0.3) is 0 Å². The quantitative estimate of drug-likeness (QED) is 0.593. The number of rotatable bonds is 5. The summed E-state index contributed by atoms with van der Waals surface area (Å²) in [7, 11) is 0. The van der Waals surface area contributed by atoms with E-state index < -0.39 is 0 Å². The Labute approximate surface area is 68.6 Å². The Bertz CT molecular complexity index is 108. The van der Waals surface area contributed by atoms with Crippen molar-refractivity contribution in [3.63, 3.8) is 0 Å². The lowest BCUT2D eigenvalue weighted by Gasteiger charge is -2.02. The molecule has 0 amide bonds. The lowest BCUT2D eigenvalue weighted by atomic mass is 10.1. The molecule has 2 atom stereocenters. The van der Waals surface area contributed by atoms with E-state index in [0.29, 0.717) is 12.3 Å². The van der Waals surface area contributed by atoms with Gasteiger partial charge in [0.15, 0.2) is 0 Å². The second-order valence-electron chi connectivity index (χ2n) is 3.08. The van der Waals surface area contributed by atoms with Crippen LogP contribution in [0.1, 0.15) is 26.7 Å². The molecular weight excluding hydrogens is 140 g/mol. The number of hydrogen-bond acceptors (Lipinski definition) is 2. The van der Waals surface area contributed by atoms with E-state index >= 15 is 0 Å². The Balaban J connectivity index is 3.29. The van der Waals surface area contributed by atoms with E-state index in [1.165, 1.54) is 0 Å². The minimum absolute atomic E-state index is 0.235. The van der Waals surface area contributed by atoms with E-state index in [9.17, 15) is 0 Å². The molecule has 11 heavy (non-hydrogen) atoms. The van der Waals surface area contributed by atoms with E-state index in [4.69, 9.17) is 10.2 Å². The second-order valence-corrected chi connectivity index (χ2v) is 3.08. The summed E-state index contributed by atoms with van der Waals surface area (Å²) >= 11 is 0. The monoisotopic (exact) mass is 158 g/mol. The summed E-state index contributed by atoms with van der Waals surface area (Å²) in [5, 5.41) is 17.5. The average Bonchev–Trinajstić information content (AvgIpc) is 1.97. The third kappa shape index (κ3) is 7.56. The van der Waals surface area contributed by atoms with Crippen molar-refractivity contribution in [2.75, 3.05) is 6.61 Å². The van der Waals surface area contributed by atoms with Crippen molar-refractivity contribution < 1.29 is 10.2 Å². The van der Waals surface area contributed by atoms with Gasteiger partial charge in [-0.1, -0.05) is 19.1 Å². The van der Waals surface area contributed by atoms with Gasteiger partial charge in [-0.3, -0.25) is 0 Å².